The van der Waals surface area contributed by atoms with E-state index in [2.05, 4.69) is 9.97 Å². The van der Waals surface area contributed by atoms with Crippen LogP contribution in [0.25, 0.3) is 10.9 Å². The fraction of sp³-hybridized carbons (Fsp3) is 0.448. The Labute approximate surface area is 236 Å². The average molecular weight is 576 g/mol. The number of pyridine rings is 1. The predicted octanol–water partition coefficient (Wildman–Crippen LogP) is 5.64. The average Bonchev–Trinajstić information content (AvgIpc) is 3.45. The fourth-order valence-corrected chi connectivity index (χ4v) is 5.95. The number of aliphatic hydroxyl groups is 1. The summed E-state index contributed by atoms with van der Waals surface area (Å²) in [6, 6.07) is 9.28. The number of alkyl halides is 3. The Hall–Kier alpha value is -3.08. The lowest BCUT2D eigenvalue weighted by Gasteiger charge is -2.33. The monoisotopic (exact) mass is 575 g/mol. The number of benzene rings is 1. The van der Waals surface area contributed by atoms with Crippen LogP contribution in [0.4, 0.5) is 13.2 Å². The molecule has 1 N–H and O–H groups in total. The molecular weight excluding hydrogens is 543 g/mol. The van der Waals surface area contributed by atoms with E-state index in [9.17, 15) is 18.3 Å². The van der Waals surface area contributed by atoms with Crippen molar-refractivity contribution in [2.24, 2.45) is 20.0 Å². The van der Waals surface area contributed by atoms with Gasteiger partial charge < -0.3 is 19.0 Å². The Kier molecular flexibility index (Phi) is 7.39. The number of nitrogens with zero attached hydrogens (tertiary/aromatic N) is 5. The number of hydrogen-bond acceptors (Lipinski definition) is 5. The molecule has 1 aliphatic rings. The first kappa shape index (κ1) is 28.4. The van der Waals surface area contributed by atoms with Crippen molar-refractivity contribution in [1.82, 2.24) is 24.0 Å². The van der Waals surface area contributed by atoms with Crippen LogP contribution >= 0.6 is 11.6 Å². The van der Waals surface area contributed by atoms with Gasteiger partial charge in [-0.25, -0.2) is 9.97 Å². The molecule has 1 unspecified atom stereocenters. The molecule has 4 aromatic rings. The van der Waals surface area contributed by atoms with Crippen LogP contribution in [0.2, 0.25) is 5.02 Å². The standard InChI is InChI=1S/C29H33ClF3N5O2/c1-17-6-9-24(36(17)3)28(39,25-15-34-18(2)37(25)4)20-7-8-23-21(14-20)26(30)22(27(35-23)40-5)16-38-12-10-19(11-13-38)29(31,32)33/h6-9,14-15,19,39H,10-13,16H2,1-5H3. The van der Waals surface area contributed by atoms with E-state index in [1.807, 2.05) is 66.2 Å². The van der Waals surface area contributed by atoms with Crippen LogP contribution in [0, 0.1) is 19.8 Å². The van der Waals surface area contributed by atoms with Gasteiger partial charge >= 0.3 is 6.18 Å². The van der Waals surface area contributed by atoms with Crippen molar-refractivity contribution in [2.45, 2.75) is 45.0 Å². The molecule has 1 fully saturated rings. The highest BCUT2D eigenvalue weighted by atomic mass is 35.5. The zero-order valence-corrected chi connectivity index (χ0v) is 23.9. The first-order chi connectivity index (χ1) is 18.9. The van der Waals surface area contributed by atoms with Gasteiger partial charge in [0.25, 0.3) is 0 Å². The van der Waals surface area contributed by atoms with Gasteiger partial charge in [0.1, 0.15) is 5.82 Å². The smallest absolute Gasteiger partial charge is 0.391 e. The molecule has 1 saturated heterocycles. The van der Waals surface area contributed by atoms with Crippen molar-refractivity contribution >= 4 is 22.5 Å². The van der Waals surface area contributed by atoms with E-state index >= 15 is 0 Å². The van der Waals surface area contributed by atoms with Crippen LogP contribution in [0.3, 0.4) is 0 Å². The minimum absolute atomic E-state index is 0.0435. The maximum atomic E-state index is 13.2. The number of imidazole rings is 1. The second-order valence-electron chi connectivity index (χ2n) is 10.6. The number of rotatable bonds is 6. The molecule has 0 aliphatic carbocycles. The van der Waals surface area contributed by atoms with Crippen molar-refractivity contribution in [3.63, 3.8) is 0 Å². The van der Waals surface area contributed by atoms with Crippen LogP contribution in [-0.4, -0.2) is 55.5 Å². The first-order valence-corrected chi connectivity index (χ1v) is 13.5. The summed E-state index contributed by atoms with van der Waals surface area (Å²) in [6.45, 7) is 4.75. The first-order valence-electron chi connectivity index (χ1n) is 13.2. The molecular formula is C29H33ClF3N5O2. The Balaban J connectivity index is 1.60. The molecule has 0 bridgehead atoms. The van der Waals surface area contributed by atoms with Crippen LogP contribution in [0.15, 0.2) is 36.5 Å². The van der Waals surface area contributed by atoms with E-state index in [4.69, 9.17) is 16.3 Å². The molecule has 5 rings (SSSR count). The van der Waals surface area contributed by atoms with Crippen LogP contribution < -0.4 is 4.74 Å². The summed E-state index contributed by atoms with van der Waals surface area (Å²) >= 11 is 7.00. The van der Waals surface area contributed by atoms with Crippen molar-refractivity contribution in [3.05, 3.63) is 75.6 Å². The molecule has 0 spiro atoms. The molecule has 214 valence electrons. The normalized spacial score (nSPS) is 16.9. The van der Waals surface area contributed by atoms with Gasteiger partial charge in [0.15, 0.2) is 5.60 Å². The maximum absolute atomic E-state index is 13.2. The number of ether oxygens (including phenoxy) is 1. The third-order valence-corrected chi connectivity index (χ3v) is 8.79. The van der Waals surface area contributed by atoms with Gasteiger partial charge in [-0.15, -0.1) is 0 Å². The molecule has 1 atom stereocenters. The van der Waals surface area contributed by atoms with Crippen molar-refractivity contribution in [1.29, 1.82) is 0 Å². The number of hydrogen-bond donors (Lipinski definition) is 1. The highest BCUT2D eigenvalue weighted by Gasteiger charge is 2.42. The summed E-state index contributed by atoms with van der Waals surface area (Å²) in [5.41, 5.74) is 2.44. The zero-order chi connectivity index (χ0) is 29.0. The van der Waals surface area contributed by atoms with E-state index in [1.54, 1.807) is 12.3 Å². The highest BCUT2D eigenvalue weighted by Crippen LogP contribution is 2.41. The summed E-state index contributed by atoms with van der Waals surface area (Å²) in [7, 11) is 5.26. The SMILES string of the molecule is COc1nc2ccc(C(O)(c3ccc(C)n3C)c3cnc(C)n3C)cc2c(Cl)c1CN1CCC(C(F)(F)F)CC1. The topological polar surface area (TPSA) is 68.3 Å². The Morgan fingerprint density at radius 2 is 1.75 bits per heavy atom. The number of aromatic nitrogens is 4. The molecule has 3 aromatic heterocycles. The fourth-order valence-electron chi connectivity index (χ4n) is 5.66. The van der Waals surface area contributed by atoms with E-state index in [0.717, 1.165) is 11.5 Å². The Bertz CT molecular complexity index is 1510. The lowest BCUT2D eigenvalue weighted by Crippen LogP contribution is -2.38. The van der Waals surface area contributed by atoms with E-state index in [1.165, 1.54) is 7.11 Å². The summed E-state index contributed by atoms with van der Waals surface area (Å²) < 4.78 is 48.9. The number of piperidine rings is 1. The van der Waals surface area contributed by atoms with Gasteiger partial charge in [-0.3, -0.25) is 4.90 Å². The minimum Gasteiger partial charge on any atom is -0.481 e. The van der Waals surface area contributed by atoms with Gasteiger partial charge in [0, 0.05) is 37.3 Å². The van der Waals surface area contributed by atoms with E-state index in [0.29, 0.717) is 64.0 Å². The molecule has 11 heteroatoms. The lowest BCUT2D eigenvalue weighted by atomic mass is 9.86. The zero-order valence-electron chi connectivity index (χ0n) is 23.2. The van der Waals surface area contributed by atoms with Gasteiger partial charge in [0.2, 0.25) is 5.88 Å². The largest absolute Gasteiger partial charge is 0.481 e. The summed E-state index contributed by atoms with van der Waals surface area (Å²) in [5.74, 6) is -0.201. The molecule has 0 saturated carbocycles. The number of halogens is 4. The van der Waals surface area contributed by atoms with E-state index in [-0.39, 0.29) is 12.8 Å². The van der Waals surface area contributed by atoms with Crippen molar-refractivity contribution in [2.75, 3.05) is 20.2 Å². The van der Waals surface area contributed by atoms with Crippen LogP contribution in [0.1, 0.15) is 46.9 Å². The van der Waals surface area contributed by atoms with Crippen LogP contribution in [0.5, 0.6) is 5.88 Å². The second-order valence-corrected chi connectivity index (χ2v) is 11.0. The molecule has 1 aliphatic heterocycles. The minimum atomic E-state index is -4.18. The second kappa shape index (κ2) is 10.4. The molecule has 0 amide bonds. The third-order valence-electron chi connectivity index (χ3n) is 8.36. The molecule has 4 heterocycles. The number of methoxy groups -OCH3 is 1. The molecule has 40 heavy (non-hydrogen) atoms. The number of fused-ring (bicyclic) bond motifs is 1. The summed E-state index contributed by atoms with van der Waals surface area (Å²) in [6.07, 6.45) is -2.42. The van der Waals surface area contributed by atoms with Gasteiger partial charge in [-0.05, 0) is 69.6 Å². The molecule has 0 radical (unpaired) electrons. The number of aryl methyl sites for hydroxylation is 2. The van der Waals surface area contributed by atoms with Gasteiger partial charge in [-0.2, -0.15) is 13.2 Å². The van der Waals surface area contributed by atoms with Crippen molar-refractivity contribution in [3.8, 4) is 5.88 Å². The van der Waals surface area contributed by atoms with Gasteiger partial charge in [0.05, 0.1) is 41.2 Å². The predicted molar refractivity (Wildman–Crippen MR) is 148 cm³/mol. The summed E-state index contributed by atoms with van der Waals surface area (Å²) in [4.78, 5) is 11.1. The quantitative estimate of drug-likeness (QED) is 0.322. The number of likely N-dealkylation sites (tertiary alicyclic amines) is 1. The third kappa shape index (κ3) is 4.76. The van der Waals surface area contributed by atoms with Crippen molar-refractivity contribution < 1.29 is 23.0 Å². The van der Waals surface area contributed by atoms with Gasteiger partial charge in [-0.1, -0.05) is 17.7 Å². The maximum Gasteiger partial charge on any atom is 0.391 e. The summed E-state index contributed by atoms with van der Waals surface area (Å²) in [5, 5.41) is 13.5. The highest BCUT2D eigenvalue weighted by molar-refractivity contribution is 6.36. The van der Waals surface area contributed by atoms with Crippen LogP contribution in [-0.2, 0) is 26.2 Å². The molecule has 7 nitrogen and oxygen atoms in total. The molecule has 1 aromatic carbocycles. The lowest BCUT2D eigenvalue weighted by molar-refractivity contribution is -0.185. The Morgan fingerprint density at radius 3 is 2.30 bits per heavy atom. The van der Waals surface area contributed by atoms with E-state index < -0.39 is 17.7 Å². The Morgan fingerprint density at radius 1 is 1.05 bits per heavy atom.